The van der Waals surface area contributed by atoms with Crippen LogP contribution in [0.1, 0.15) is 11.1 Å². The molecule has 0 amide bonds. The molecule has 0 atom stereocenters. The maximum atomic E-state index is 10.8. The summed E-state index contributed by atoms with van der Waals surface area (Å²) in [5.74, 6) is 1.37. The van der Waals surface area contributed by atoms with E-state index in [1.807, 2.05) is 12.1 Å². The van der Waals surface area contributed by atoms with Crippen molar-refractivity contribution in [1.29, 1.82) is 5.26 Å². The molecule has 2 aromatic carbocycles. The summed E-state index contributed by atoms with van der Waals surface area (Å²) in [5.41, 5.74) is 1.45. The zero-order valence-corrected chi connectivity index (χ0v) is 12.7. The van der Waals surface area contributed by atoms with Gasteiger partial charge in [-0.3, -0.25) is 10.1 Å². The van der Waals surface area contributed by atoms with Crippen molar-refractivity contribution >= 4 is 11.4 Å². The van der Waals surface area contributed by atoms with Crippen LogP contribution in [0.2, 0.25) is 0 Å². The summed E-state index contributed by atoms with van der Waals surface area (Å²) in [6.07, 6.45) is 0. The molecule has 0 bridgehead atoms. The molecule has 0 aliphatic rings. The van der Waals surface area contributed by atoms with Crippen LogP contribution in [-0.2, 0) is 6.54 Å². The van der Waals surface area contributed by atoms with Gasteiger partial charge in [-0.15, -0.1) is 0 Å². The minimum atomic E-state index is -0.532. The van der Waals surface area contributed by atoms with E-state index in [-0.39, 0.29) is 11.3 Å². The maximum absolute atomic E-state index is 10.8. The number of rotatable bonds is 6. The van der Waals surface area contributed by atoms with Gasteiger partial charge in [-0.25, -0.2) is 0 Å². The zero-order chi connectivity index (χ0) is 16.8. The number of non-ortho nitro benzene ring substituents is 1. The predicted octanol–water partition coefficient (Wildman–Crippen LogP) is 3.10. The highest BCUT2D eigenvalue weighted by atomic mass is 16.6. The highest BCUT2D eigenvalue weighted by Gasteiger charge is 2.11. The van der Waals surface area contributed by atoms with Crippen molar-refractivity contribution in [3.05, 3.63) is 57.6 Å². The van der Waals surface area contributed by atoms with Gasteiger partial charge >= 0.3 is 0 Å². The summed E-state index contributed by atoms with van der Waals surface area (Å²) >= 11 is 0. The number of nitrogens with one attached hydrogen (secondary N) is 1. The molecule has 0 aliphatic carbocycles. The van der Waals surface area contributed by atoms with E-state index in [1.54, 1.807) is 26.4 Å². The smallest absolute Gasteiger partial charge is 0.270 e. The molecule has 118 valence electrons. The number of nitro benzene ring substituents is 1. The molecule has 0 saturated carbocycles. The highest BCUT2D eigenvalue weighted by Crippen LogP contribution is 2.26. The average Bonchev–Trinajstić information content (AvgIpc) is 2.59. The van der Waals surface area contributed by atoms with Crippen LogP contribution >= 0.6 is 0 Å². The lowest BCUT2D eigenvalue weighted by atomic mass is 10.1. The quantitative estimate of drug-likeness (QED) is 0.650. The van der Waals surface area contributed by atoms with Crippen LogP contribution < -0.4 is 14.8 Å². The van der Waals surface area contributed by atoms with Crippen molar-refractivity contribution < 1.29 is 14.4 Å². The first-order valence-corrected chi connectivity index (χ1v) is 6.72. The van der Waals surface area contributed by atoms with Crippen LogP contribution in [0.15, 0.2) is 36.4 Å². The lowest BCUT2D eigenvalue weighted by molar-refractivity contribution is -0.384. The number of nitrogens with zero attached hydrogens (tertiary/aromatic N) is 2. The number of nitriles is 1. The number of nitro groups is 1. The Kier molecular flexibility index (Phi) is 5.00. The SMILES string of the molecule is COc1ccc(OC)c(CNc2ccc([N+](=O)[O-])cc2C#N)c1. The zero-order valence-electron chi connectivity index (χ0n) is 12.7. The Hall–Kier alpha value is -3.27. The molecule has 7 heteroatoms. The molecule has 0 spiro atoms. The topological polar surface area (TPSA) is 97.4 Å². The minimum Gasteiger partial charge on any atom is -0.497 e. The van der Waals surface area contributed by atoms with Crippen molar-refractivity contribution in [2.75, 3.05) is 19.5 Å². The fourth-order valence-electron chi connectivity index (χ4n) is 2.10. The van der Waals surface area contributed by atoms with E-state index in [2.05, 4.69) is 5.32 Å². The van der Waals surface area contributed by atoms with E-state index < -0.39 is 4.92 Å². The Bertz CT molecular complexity index is 768. The predicted molar refractivity (Wildman–Crippen MR) is 84.7 cm³/mol. The second-order valence-corrected chi connectivity index (χ2v) is 4.63. The Morgan fingerprint density at radius 2 is 2.00 bits per heavy atom. The third-order valence-corrected chi connectivity index (χ3v) is 3.29. The first-order valence-electron chi connectivity index (χ1n) is 6.72. The standard InChI is InChI=1S/C16H15N3O4/c1-22-14-4-6-16(23-2)12(8-14)10-18-15-5-3-13(19(20)21)7-11(15)9-17/h3-8,18H,10H2,1-2H3. The van der Waals surface area contributed by atoms with Crippen LogP contribution in [0.5, 0.6) is 11.5 Å². The van der Waals surface area contributed by atoms with E-state index in [9.17, 15) is 10.1 Å². The van der Waals surface area contributed by atoms with Gasteiger partial charge in [0.2, 0.25) is 0 Å². The monoisotopic (exact) mass is 313 g/mol. The summed E-state index contributed by atoms with van der Waals surface area (Å²) in [5, 5.41) is 23.0. The maximum Gasteiger partial charge on any atom is 0.270 e. The van der Waals surface area contributed by atoms with Crippen molar-refractivity contribution in [3.63, 3.8) is 0 Å². The van der Waals surface area contributed by atoms with Crippen LogP contribution in [-0.4, -0.2) is 19.1 Å². The molecule has 2 rings (SSSR count). The summed E-state index contributed by atoms with van der Waals surface area (Å²) in [7, 11) is 3.14. The van der Waals surface area contributed by atoms with E-state index in [0.29, 0.717) is 23.7 Å². The molecule has 0 fully saturated rings. The van der Waals surface area contributed by atoms with E-state index >= 15 is 0 Å². The van der Waals surface area contributed by atoms with E-state index in [1.165, 1.54) is 18.2 Å². The molecule has 0 aliphatic heterocycles. The lowest BCUT2D eigenvalue weighted by Crippen LogP contribution is -2.04. The molecule has 0 heterocycles. The second-order valence-electron chi connectivity index (χ2n) is 4.63. The normalized spacial score (nSPS) is 9.78. The molecule has 0 saturated heterocycles. The van der Waals surface area contributed by atoms with E-state index in [0.717, 1.165) is 5.56 Å². The number of hydrogen-bond acceptors (Lipinski definition) is 6. The van der Waals surface area contributed by atoms with Crippen molar-refractivity contribution in [2.24, 2.45) is 0 Å². The molecule has 0 aromatic heterocycles. The summed E-state index contributed by atoms with van der Waals surface area (Å²) in [6.45, 7) is 0.382. The van der Waals surface area contributed by atoms with Gasteiger partial charge < -0.3 is 14.8 Å². The summed E-state index contributed by atoms with van der Waals surface area (Å²) < 4.78 is 10.5. The number of ether oxygens (including phenoxy) is 2. The largest absolute Gasteiger partial charge is 0.497 e. The molecular formula is C16H15N3O4. The molecule has 2 aromatic rings. The number of hydrogen-bond donors (Lipinski definition) is 1. The van der Waals surface area contributed by atoms with Gasteiger partial charge in [-0.2, -0.15) is 5.26 Å². The first kappa shape index (κ1) is 16.1. The van der Waals surface area contributed by atoms with Crippen molar-refractivity contribution in [1.82, 2.24) is 0 Å². The van der Waals surface area contributed by atoms with Gasteiger partial charge in [0.05, 0.1) is 30.4 Å². The molecule has 1 N–H and O–H groups in total. The van der Waals surface area contributed by atoms with E-state index in [4.69, 9.17) is 14.7 Å². The summed E-state index contributed by atoms with van der Waals surface area (Å²) in [6, 6.07) is 11.5. The van der Waals surface area contributed by atoms with Crippen LogP contribution in [0.4, 0.5) is 11.4 Å². The molecule has 23 heavy (non-hydrogen) atoms. The Morgan fingerprint density at radius 3 is 2.61 bits per heavy atom. The van der Waals surface area contributed by atoms with Crippen LogP contribution in [0, 0.1) is 21.4 Å². The Labute approximate surface area is 133 Å². The van der Waals surface area contributed by atoms with Gasteiger partial charge in [-0.05, 0) is 24.3 Å². The fraction of sp³-hybridized carbons (Fsp3) is 0.188. The van der Waals surface area contributed by atoms with Gasteiger partial charge in [0.1, 0.15) is 17.6 Å². The summed E-state index contributed by atoms with van der Waals surface area (Å²) in [4.78, 5) is 10.2. The third-order valence-electron chi connectivity index (χ3n) is 3.29. The van der Waals surface area contributed by atoms with Crippen LogP contribution in [0.25, 0.3) is 0 Å². The lowest BCUT2D eigenvalue weighted by Gasteiger charge is -2.13. The Balaban J connectivity index is 2.24. The van der Waals surface area contributed by atoms with Crippen molar-refractivity contribution in [2.45, 2.75) is 6.54 Å². The van der Waals surface area contributed by atoms with Crippen LogP contribution in [0.3, 0.4) is 0 Å². The third kappa shape index (κ3) is 3.68. The molecule has 0 radical (unpaired) electrons. The molecule has 0 unspecified atom stereocenters. The number of methoxy groups -OCH3 is 2. The van der Waals surface area contributed by atoms with Gasteiger partial charge in [-0.1, -0.05) is 0 Å². The minimum absolute atomic E-state index is 0.119. The number of anilines is 1. The first-order chi connectivity index (χ1) is 11.1. The molecular weight excluding hydrogens is 298 g/mol. The fourth-order valence-corrected chi connectivity index (χ4v) is 2.10. The molecule has 7 nitrogen and oxygen atoms in total. The van der Waals surface area contributed by atoms with Gasteiger partial charge in [0, 0.05) is 24.2 Å². The Morgan fingerprint density at radius 1 is 1.22 bits per heavy atom. The second kappa shape index (κ2) is 7.13. The highest BCUT2D eigenvalue weighted by molar-refractivity contribution is 5.61. The number of benzene rings is 2. The van der Waals surface area contributed by atoms with Crippen molar-refractivity contribution in [3.8, 4) is 17.6 Å². The van der Waals surface area contributed by atoms with Gasteiger partial charge in [0.25, 0.3) is 5.69 Å². The average molecular weight is 313 g/mol. The van der Waals surface area contributed by atoms with Gasteiger partial charge in [0.15, 0.2) is 0 Å².